The summed E-state index contributed by atoms with van der Waals surface area (Å²) >= 11 is 0. The van der Waals surface area contributed by atoms with Crippen molar-refractivity contribution in [3.05, 3.63) is 23.5 Å². The Morgan fingerprint density at radius 1 is 1.32 bits per heavy atom. The molecule has 2 aliphatic carbocycles. The Labute approximate surface area is 114 Å². The molecule has 3 rings (SSSR count). The van der Waals surface area contributed by atoms with Crippen LogP contribution in [0.1, 0.15) is 31.2 Å². The van der Waals surface area contributed by atoms with E-state index in [-0.39, 0.29) is 5.82 Å². The second kappa shape index (κ2) is 4.69. The maximum Gasteiger partial charge on any atom is 0.128 e. The molecular formula is C16H23FN2. The topological polar surface area (TPSA) is 29.3 Å². The molecule has 19 heavy (non-hydrogen) atoms. The summed E-state index contributed by atoms with van der Waals surface area (Å²) < 4.78 is 13.5. The maximum absolute atomic E-state index is 13.5. The average molecular weight is 262 g/mol. The van der Waals surface area contributed by atoms with Gasteiger partial charge in [0.1, 0.15) is 5.82 Å². The number of benzene rings is 1. The molecule has 2 N–H and O–H groups in total. The van der Waals surface area contributed by atoms with Crippen LogP contribution >= 0.6 is 0 Å². The number of nitrogen functional groups attached to an aromatic ring is 1. The molecule has 2 bridgehead atoms. The van der Waals surface area contributed by atoms with Crippen molar-refractivity contribution < 1.29 is 4.39 Å². The summed E-state index contributed by atoms with van der Waals surface area (Å²) in [5.74, 6) is 2.47. The molecule has 2 fully saturated rings. The lowest BCUT2D eigenvalue weighted by molar-refractivity contribution is 0.337. The molecule has 0 radical (unpaired) electrons. The van der Waals surface area contributed by atoms with E-state index >= 15 is 0 Å². The second-order valence-electron chi connectivity index (χ2n) is 6.48. The predicted octanol–water partition coefficient (Wildman–Crippen LogP) is 3.59. The van der Waals surface area contributed by atoms with Crippen LogP contribution in [0.2, 0.25) is 0 Å². The van der Waals surface area contributed by atoms with Crippen molar-refractivity contribution >= 4 is 11.4 Å². The van der Waals surface area contributed by atoms with Crippen molar-refractivity contribution in [2.75, 3.05) is 24.2 Å². The van der Waals surface area contributed by atoms with Gasteiger partial charge < -0.3 is 10.6 Å². The zero-order valence-corrected chi connectivity index (χ0v) is 11.8. The monoisotopic (exact) mass is 262 g/mol. The molecule has 0 amide bonds. The third-order valence-electron chi connectivity index (χ3n) is 5.11. The van der Waals surface area contributed by atoms with Gasteiger partial charge in [0.2, 0.25) is 0 Å². The highest BCUT2D eigenvalue weighted by Gasteiger charge is 2.39. The molecular weight excluding hydrogens is 239 g/mol. The molecule has 2 saturated carbocycles. The van der Waals surface area contributed by atoms with Crippen molar-refractivity contribution in [2.24, 2.45) is 17.8 Å². The number of nitrogens with two attached hydrogens (primary N) is 1. The fourth-order valence-corrected chi connectivity index (χ4v) is 4.06. The van der Waals surface area contributed by atoms with Crippen molar-refractivity contribution in [1.29, 1.82) is 0 Å². The Bertz CT molecular complexity index is 486. The summed E-state index contributed by atoms with van der Waals surface area (Å²) in [6.45, 7) is 2.85. The Hall–Kier alpha value is -1.25. The first-order valence-electron chi connectivity index (χ1n) is 7.31. The highest BCUT2D eigenvalue weighted by Crippen LogP contribution is 2.48. The Kier molecular flexibility index (Phi) is 3.15. The van der Waals surface area contributed by atoms with E-state index in [2.05, 4.69) is 11.9 Å². The van der Waals surface area contributed by atoms with Gasteiger partial charge >= 0.3 is 0 Å². The van der Waals surface area contributed by atoms with Crippen LogP contribution in [0.5, 0.6) is 0 Å². The van der Waals surface area contributed by atoms with Gasteiger partial charge in [-0.15, -0.1) is 0 Å². The Morgan fingerprint density at radius 2 is 2.11 bits per heavy atom. The van der Waals surface area contributed by atoms with Gasteiger partial charge in [0.15, 0.2) is 0 Å². The molecule has 2 nitrogen and oxygen atoms in total. The van der Waals surface area contributed by atoms with Crippen LogP contribution in [0.3, 0.4) is 0 Å². The normalized spacial score (nSPS) is 28.9. The lowest BCUT2D eigenvalue weighted by Gasteiger charge is -2.29. The molecule has 3 atom stereocenters. The van der Waals surface area contributed by atoms with Crippen LogP contribution < -0.4 is 10.6 Å². The summed E-state index contributed by atoms with van der Waals surface area (Å²) in [4.78, 5) is 2.22. The van der Waals surface area contributed by atoms with Crippen LogP contribution in [-0.4, -0.2) is 13.6 Å². The predicted molar refractivity (Wildman–Crippen MR) is 77.8 cm³/mol. The summed E-state index contributed by atoms with van der Waals surface area (Å²) in [5, 5.41) is 0. The fraction of sp³-hybridized carbons (Fsp3) is 0.625. The molecule has 104 valence electrons. The van der Waals surface area contributed by atoms with E-state index in [0.717, 1.165) is 30.0 Å². The Balaban J connectivity index is 1.73. The first kappa shape index (κ1) is 12.8. The van der Waals surface area contributed by atoms with Gasteiger partial charge in [0.25, 0.3) is 0 Å². The summed E-state index contributed by atoms with van der Waals surface area (Å²) in [7, 11) is 2.08. The molecule has 0 aromatic heterocycles. The van der Waals surface area contributed by atoms with Crippen LogP contribution in [0.4, 0.5) is 15.8 Å². The third-order valence-corrected chi connectivity index (χ3v) is 5.11. The highest BCUT2D eigenvalue weighted by atomic mass is 19.1. The number of nitrogens with zero attached hydrogens (tertiary/aromatic N) is 1. The van der Waals surface area contributed by atoms with Crippen LogP contribution in [0.15, 0.2) is 12.1 Å². The van der Waals surface area contributed by atoms with E-state index in [0.29, 0.717) is 11.3 Å². The Morgan fingerprint density at radius 3 is 2.74 bits per heavy atom. The van der Waals surface area contributed by atoms with Gasteiger partial charge in [-0.1, -0.05) is 6.42 Å². The van der Waals surface area contributed by atoms with Crippen molar-refractivity contribution in [1.82, 2.24) is 0 Å². The minimum atomic E-state index is -0.213. The van der Waals surface area contributed by atoms with E-state index in [1.165, 1.54) is 31.7 Å². The molecule has 1 aromatic carbocycles. The van der Waals surface area contributed by atoms with E-state index in [1.807, 2.05) is 6.07 Å². The van der Waals surface area contributed by atoms with Gasteiger partial charge in [-0.25, -0.2) is 4.39 Å². The minimum Gasteiger partial charge on any atom is -0.397 e. The zero-order chi connectivity index (χ0) is 13.6. The molecule has 0 heterocycles. The molecule has 3 heteroatoms. The van der Waals surface area contributed by atoms with Crippen molar-refractivity contribution in [2.45, 2.75) is 32.6 Å². The molecule has 2 aliphatic rings. The number of rotatable bonds is 3. The summed E-state index contributed by atoms with van der Waals surface area (Å²) in [6, 6.07) is 3.32. The van der Waals surface area contributed by atoms with E-state index in [1.54, 1.807) is 6.92 Å². The fourth-order valence-electron chi connectivity index (χ4n) is 4.06. The first-order chi connectivity index (χ1) is 9.04. The van der Waals surface area contributed by atoms with Gasteiger partial charge in [-0.05, 0) is 61.6 Å². The number of halogens is 1. The van der Waals surface area contributed by atoms with Crippen molar-refractivity contribution in [3.8, 4) is 0 Å². The van der Waals surface area contributed by atoms with Crippen LogP contribution in [0, 0.1) is 30.5 Å². The van der Waals surface area contributed by atoms with Crippen LogP contribution in [-0.2, 0) is 0 Å². The highest BCUT2D eigenvalue weighted by molar-refractivity contribution is 5.68. The molecule has 3 unspecified atom stereocenters. The number of anilines is 2. The maximum atomic E-state index is 13.5. The standard InChI is InChI=1S/C16H23FN2/c1-10-5-16(15(18)8-14(10)17)19(2)9-13-7-11-3-4-12(13)6-11/h5,8,11-13H,3-4,6-7,9,18H2,1-2H3. The molecule has 1 aromatic rings. The van der Waals surface area contributed by atoms with E-state index in [9.17, 15) is 4.39 Å². The lowest BCUT2D eigenvalue weighted by Crippen LogP contribution is -2.29. The minimum absolute atomic E-state index is 0.213. The first-order valence-corrected chi connectivity index (χ1v) is 7.31. The molecule has 0 aliphatic heterocycles. The number of hydrogen-bond donors (Lipinski definition) is 1. The zero-order valence-electron chi connectivity index (χ0n) is 11.8. The van der Waals surface area contributed by atoms with Gasteiger partial charge in [-0.2, -0.15) is 0 Å². The lowest BCUT2D eigenvalue weighted by atomic mass is 9.88. The van der Waals surface area contributed by atoms with Gasteiger partial charge in [-0.3, -0.25) is 0 Å². The second-order valence-corrected chi connectivity index (χ2v) is 6.48. The smallest absolute Gasteiger partial charge is 0.128 e. The average Bonchev–Trinajstić information content (AvgIpc) is 2.95. The quantitative estimate of drug-likeness (QED) is 0.843. The third kappa shape index (κ3) is 2.31. The van der Waals surface area contributed by atoms with E-state index in [4.69, 9.17) is 5.73 Å². The number of hydrogen-bond acceptors (Lipinski definition) is 2. The molecule has 0 spiro atoms. The number of fused-ring (bicyclic) bond motifs is 2. The SMILES string of the molecule is Cc1cc(N(C)CC2CC3CCC2C3)c(N)cc1F. The molecule has 0 saturated heterocycles. The van der Waals surface area contributed by atoms with Gasteiger partial charge in [0.05, 0.1) is 11.4 Å². The largest absolute Gasteiger partial charge is 0.397 e. The van der Waals surface area contributed by atoms with Gasteiger partial charge in [0, 0.05) is 13.6 Å². The van der Waals surface area contributed by atoms with E-state index < -0.39 is 0 Å². The van der Waals surface area contributed by atoms with Crippen molar-refractivity contribution in [3.63, 3.8) is 0 Å². The number of aryl methyl sites for hydroxylation is 1. The summed E-state index contributed by atoms with van der Waals surface area (Å²) in [5.41, 5.74) is 8.15. The van der Waals surface area contributed by atoms with Crippen LogP contribution in [0.25, 0.3) is 0 Å². The summed E-state index contributed by atoms with van der Waals surface area (Å²) in [6.07, 6.45) is 5.63.